The lowest BCUT2D eigenvalue weighted by molar-refractivity contribution is 0.261. The van der Waals surface area contributed by atoms with Crippen LogP contribution >= 0.6 is 0 Å². The van der Waals surface area contributed by atoms with Crippen molar-refractivity contribution in [2.24, 2.45) is 0 Å². The van der Waals surface area contributed by atoms with Crippen LogP contribution in [0, 0.1) is 6.92 Å². The number of likely N-dealkylation sites (N-methyl/N-ethyl adjacent to an activating group) is 1. The zero-order valence-corrected chi connectivity index (χ0v) is 15.0. The van der Waals surface area contributed by atoms with Crippen LogP contribution < -0.4 is 5.32 Å². The maximum absolute atomic E-state index is 10.2. The molecule has 1 fully saturated rings. The molecule has 26 heavy (non-hydrogen) atoms. The molecule has 3 aromatic rings. The molecule has 4 rings (SSSR count). The van der Waals surface area contributed by atoms with Gasteiger partial charge >= 0.3 is 0 Å². The summed E-state index contributed by atoms with van der Waals surface area (Å²) in [4.78, 5) is 10.7. The van der Waals surface area contributed by atoms with Crippen LogP contribution in [0.15, 0.2) is 30.6 Å². The minimum atomic E-state index is -0.0352. The number of piperidine rings is 1. The Balaban J connectivity index is 1.76. The fourth-order valence-electron chi connectivity index (χ4n) is 3.51. The fourth-order valence-corrected chi connectivity index (χ4v) is 3.51. The van der Waals surface area contributed by atoms with E-state index in [1.165, 1.54) is 6.42 Å². The molecule has 134 valence electrons. The van der Waals surface area contributed by atoms with Crippen molar-refractivity contribution in [1.29, 1.82) is 0 Å². The van der Waals surface area contributed by atoms with Gasteiger partial charge in [0.15, 0.2) is 5.82 Å². The summed E-state index contributed by atoms with van der Waals surface area (Å²) in [5, 5.41) is 24.4. The van der Waals surface area contributed by atoms with Crippen molar-refractivity contribution in [3.63, 3.8) is 0 Å². The number of nitrogens with one attached hydrogen (secondary N) is 1. The van der Waals surface area contributed by atoms with Crippen LogP contribution in [0.4, 0.5) is 5.82 Å². The highest BCUT2D eigenvalue weighted by molar-refractivity contribution is 6.00. The number of anilines is 1. The Kier molecular flexibility index (Phi) is 4.38. The lowest BCUT2D eigenvalue weighted by Crippen LogP contribution is -2.40. The highest BCUT2D eigenvalue weighted by Gasteiger charge is 2.20. The molecule has 3 aromatic heterocycles. The number of fused-ring (bicyclic) bond motifs is 1. The number of pyridine rings is 2. The van der Waals surface area contributed by atoms with Crippen LogP contribution in [0.1, 0.15) is 18.5 Å². The molecule has 1 aliphatic rings. The predicted molar refractivity (Wildman–Crippen MR) is 101 cm³/mol. The maximum atomic E-state index is 10.2. The lowest BCUT2D eigenvalue weighted by Gasteiger charge is -2.30. The van der Waals surface area contributed by atoms with Gasteiger partial charge in [0, 0.05) is 41.4 Å². The molecular formula is C19H22N6O. The van der Waals surface area contributed by atoms with Gasteiger partial charge in [-0.1, -0.05) is 0 Å². The molecular weight excluding hydrogens is 328 g/mol. The van der Waals surface area contributed by atoms with Gasteiger partial charge in [-0.15, -0.1) is 10.2 Å². The van der Waals surface area contributed by atoms with Gasteiger partial charge in [-0.2, -0.15) is 0 Å². The van der Waals surface area contributed by atoms with E-state index in [9.17, 15) is 5.11 Å². The Bertz CT molecular complexity index is 944. The Labute approximate surface area is 152 Å². The molecule has 0 aliphatic carbocycles. The summed E-state index contributed by atoms with van der Waals surface area (Å²) in [6, 6.07) is 5.92. The second kappa shape index (κ2) is 6.84. The van der Waals surface area contributed by atoms with Crippen LogP contribution in [0.5, 0.6) is 5.88 Å². The van der Waals surface area contributed by atoms with E-state index in [0.717, 1.165) is 41.8 Å². The molecule has 0 unspecified atom stereocenters. The van der Waals surface area contributed by atoms with Gasteiger partial charge in [0.25, 0.3) is 0 Å². The van der Waals surface area contributed by atoms with Gasteiger partial charge in [-0.3, -0.25) is 4.98 Å². The van der Waals surface area contributed by atoms with E-state index in [0.29, 0.717) is 17.3 Å². The van der Waals surface area contributed by atoms with E-state index in [1.807, 2.05) is 25.1 Å². The maximum Gasteiger partial charge on any atom is 0.220 e. The number of aryl methyl sites for hydroxylation is 1. The van der Waals surface area contributed by atoms with Crippen molar-refractivity contribution in [2.75, 3.05) is 25.5 Å². The first-order valence-electron chi connectivity index (χ1n) is 8.84. The predicted octanol–water partition coefficient (Wildman–Crippen LogP) is 2.61. The van der Waals surface area contributed by atoms with Crippen molar-refractivity contribution in [3.8, 4) is 17.1 Å². The van der Waals surface area contributed by atoms with Gasteiger partial charge in [0.1, 0.15) is 5.69 Å². The quantitative estimate of drug-likeness (QED) is 0.751. The molecule has 0 spiro atoms. The van der Waals surface area contributed by atoms with Gasteiger partial charge in [0.2, 0.25) is 5.88 Å². The van der Waals surface area contributed by atoms with Gasteiger partial charge in [0.05, 0.1) is 5.56 Å². The van der Waals surface area contributed by atoms with E-state index < -0.39 is 0 Å². The molecule has 2 N–H and O–H groups in total. The van der Waals surface area contributed by atoms with Crippen LogP contribution in [-0.2, 0) is 0 Å². The van der Waals surface area contributed by atoms with Crippen molar-refractivity contribution >= 4 is 16.6 Å². The van der Waals surface area contributed by atoms with Crippen LogP contribution in [-0.4, -0.2) is 56.4 Å². The summed E-state index contributed by atoms with van der Waals surface area (Å²) < 4.78 is 0. The number of rotatable bonds is 3. The first kappa shape index (κ1) is 16.7. The van der Waals surface area contributed by atoms with E-state index in [4.69, 9.17) is 0 Å². The second-order valence-corrected chi connectivity index (χ2v) is 6.89. The molecule has 0 bridgehead atoms. The van der Waals surface area contributed by atoms with E-state index >= 15 is 0 Å². The smallest absolute Gasteiger partial charge is 0.220 e. The summed E-state index contributed by atoms with van der Waals surface area (Å²) in [5.74, 6) is 0.698. The number of nitrogens with zero attached hydrogens (tertiary/aromatic N) is 5. The van der Waals surface area contributed by atoms with E-state index in [1.54, 1.807) is 12.4 Å². The minimum Gasteiger partial charge on any atom is -0.493 e. The summed E-state index contributed by atoms with van der Waals surface area (Å²) in [6.07, 6.45) is 5.79. The summed E-state index contributed by atoms with van der Waals surface area (Å²) in [7, 11) is 2.13. The third-order valence-corrected chi connectivity index (χ3v) is 4.82. The third-order valence-electron chi connectivity index (χ3n) is 4.82. The fraction of sp³-hybridized carbons (Fsp3) is 0.368. The molecule has 1 atom stereocenters. The average molecular weight is 350 g/mol. The summed E-state index contributed by atoms with van der Waals surface area (Å²) in [5.41, 5.74) is 1.94. The van der Waals surface area contributed by atoms with Gasteiger partial charge in [-0.05, 0) is 51.6 Å². The number of aromatic nitrogens is 4. The highest BCUT2D eigenvalue weighted by atomic mass is 16.3. The zero-order valence-electron chi connectivity index (χ0n) is 15.0. The zero-order chi connectivity index (χ0) is 18.1. The average Bonchev–Trinajstić information content (AvgIpc) is 2.63. The second-order valence-electron chi connectivity index (χ2n) is 6.89. The standard InChI is InChI=1S/C19H22N6O/c1-12-5-6-15(19(26)21-12)17-14-7-8-20-10-16(14)18(24-23-17)22-13-4-3-9-25(2)11-13/h5-8,10,13H,3-4,9,11H2,1-2H3,(H,21,26)(H,22,24)/t13-/m1/s1. The molecule has 0 aromatic carbocycles. The monoisotopic (exact) mass is 350 g/mol. The van der Waals surface area contributed by atoms with E-state index in [-0.39, 0.29) is 5.88 Å². The van der Waals surface area contributed by atoms with Crippen molar-refractivity contribution in [2.45, 2.75) is 25.8 Å². The minimum absolute atomic E-state index is 0.0352. The van der Waals surface area contributed by atoms with Crippen molar-refractivity contribution in [3.05, 3.63) is 36.3 Å². The highest BCUT2D eigenvalue weighted by Crippen LogP contribution is 2.33. The lowest BCUT2D eigenvalue weighted by atomic mass is 10.0. The Morgan fingerprint density at radius 1 is 1.19 bits per heavy atom. The Hall–Kier alpha value is -2.80. The molecule has 0 saturated carbocycles. The number of aromatic hydroxyl groups is 1. The summed E-state index contributed by atoms with van der Waals surface area (Å²) >= 11 is 0. The first-order valence-corrected chi connectivity index (χ1v) is 8.84. The summed E-state index contributed by atoms with van der Waals surface area (Å²) in [6.45, 7) is 3.95. The van der Waals surface area contributed by atoms with E-state index in [2.05, 4.69) is 37.4 Å². The first-order chi connectivity index (χ1) is 12.6. The number of hydrogen-bond acceptors (Lipinski definition) is 7. The third kappa shape index (κ3) is 3.17. The Morgan fingerprint density at radius 3 is 2.88 bits per heavy atom. The van der Waals surface area contributed by atoms with Crippen molar-refractivity contribution in [1.82, 2.24) is 25.1 Å². The Morgan fingerprint density at radius 2 is 2.08 bits per heavy atom. The van der Waals surface area contributed by atoms with Crippen LogP contribution in [0.3, 0.4) is 0 Å². The van der Waals surface area contributed by atoms with Crippen LogP contribution in [0.25, 0.3) is 22.0 Å². The molecule has 7 nitrogen and oxygen atoms in total. The molecule has 7 heteroatoms. The largest absolute Gasteiger partial charge is 0.493 e. The number of hydrogen-bond donors (Lipinski definition) is 2. The SMILES string of the molecule is Cc1ccc(-c2nnc(N[C@@H]3CCCN(C)C3)c3cnccc23)c(O)n1. The van der Waals surface area contributed by atoms with Crippen LogP contribution in [0.2, 0.25) is 0 Å². The molecule has 1 aliphatic heterocycles. The molecule has 1 saturated heterocycles. The molecule has 0 amide bonds. The normalized spacial score (nSPS) is 18.2. The number of likely N-dealkylation sites (tertiary alicyclic amines) is 1. The molecule has 0 radical (unpaired) electrons. The van der Waals surface area contributed by atoms with Gasteiger partial charge in [-0.25, -0.2) is 4.98 Å². The van der Waals surface area contributed by atoms with Gasteiger partial charge < -0.3 is 15.3 Å². The van der Waals surface area contributed by atoms with Crippen molar-refractivity contribution < 1.29 is 5.11 Å². The molecule has 4 heterocycles. The topological polar surface area (TPSA) is 87.1 Å².